The van der Waals surface area contributed by atoms with Gasteiger partial charge in [0.05, 0.1) is 24.9 Å². The molecule has 0 saturated carbocycles. The van der Waals surface area contributed by atoms with Gasteiger partial charge in [0.1, 0.15) is 17.5 Å². The zero-order chi connectivity index (χ0) is 30.4. The SMILES string of the molecule is COc1ncc(C(C)(C)C)cc1NC(=O)N[C@H]1CC[C@@H](Oc2ccc3nnc([C@]4(C)CCCN4C)n3c2)c2ccccc21. The number of likely N-dealkylation sites (tertiary alicyclic amines) is 1. The van der Waals surface area contributed by atoms with E-state index in [4.69, 9.17) is 9.47 Å². The molecule has 1 saturated heterocycles. The van der Waals surface area contributed by atoms with E-state index in [1.54, 1.807) is 13.3 Å². The molecule has 2 N–H and O–H groups in total. The maximum absolute atomic E-state index is 13.2. The number of hydrogen-bond acceptors (Lipinski definition) is 7. The molecule has 3 aromatic heterocycles. The Morgan fingerprint density at radius 1 is 1.09 bits per heavy atom. The molecule has 0 spiro atoms. The summed E-state index contributed by atoms with van der Waals surface area (Å²) < 4.78 is 14.1. The van der Waals surface area contributed by atoms with E-state index < -0.39 is 0 Å². The van der Waals surface area contributed by atoms with Gasteiger partial charge in [-0.3, -0.25) is 9.30 Å². The van der Waals surface area contributed by atoms with Gasteiger partial charge in [0, 0.05) is 6.20 Å². The van der Waals surface area contributed by atoms with Gasteiger partial charge in [0.15, 0.2) is 11.5 Å². The number of fused-ring (bicyclic) bond motifs is 2. The van der Waals surface area contributed by atoms with Crippen LogP contribution < -0.4 is 20.1 Å². The Labute approximate surface area is 252 Å². The summed E-state index contributed by atoms with van der Waals surface area (Å²) in [4.78, 5) is 20.0. The topological polar surface area (TPSA) is 106 Å². The van der Waals surface area contributed by atoms with E-state index in [0.717, 1.165) is 66.1 Å². The number of hydrogen-bond donors (Lipinski definition) is 2. The molecule has 1 aliphatic heterocycles. The quantitative estimate of drug-likeness (QED) is 0.281. The molecule has 43 heavy (non-hydrogen) atoms. The van der Waals surface area contributed by atoms with Crippen LogP contribution in [0.25, 0.3) is 5.65 Å². The number of amides is 2. The van der Waals surface area contributed by atoms with E-state index in [2.05, 4.69) is 82.0 Å². The number of aromatic nitrogens is 4. The predicted octanol–water partition coefficient (Wildman–Crippen LogP) is 6.15. The molecule has 1 fully saturated rings. The minimum atomic E-state index is -0.304. The van der Waals surface area contributed by atoms with Gasteiger partial charge in [-0.1, -0.05) is 45.0 Å². The van der Waals surface area contributed by atoms with Gasteiger partial charge in [-0.2, -0.15) is 0 Å². The molecule has 0 bridgehead atoms. The van der Waals surface area contributed by atoms with E-state index in [0.29, 0.717) is 11.6 Å². The van der Waals surface area contributed by atoms with Crippen LogP contribution in [0, 0.1) is 0 Å². The number of benzene rings is 1. The number of carbonyl (C=O) groups excluding carboxylic acids is 1. The van der Waals surface area contributed by atoms with Crippen LogP contribution >= 0.6 is 0 Å². The number of urea groups is 1. The highest BCUT2D eigenvalue weighted by Crippen LogP contribution is 2.40. The highest BCUT2D eigenvalue weighted by molar-refractivity contribution is 5.91. The van der Waals surface area contributed by atoms with Crippen LogP contribution in [-0.4, -0.2) is 51.2 Å². The Kier molecular flexibility index (Phi) is 7.50. The number of ether oxygens (including phenoxy) is 2. The molecule has 0 radical (unpaired) electrons. The lowest BCUT2D eigenvalue weighted by molar-refractivity contribution is 0.170. The van der Waals surface area contributed by atoms with Gasteiger partial charge in [-0.05, 0) is 86.5 Å². The Morgan fingerprint density at radius 3 is 2.60 bits per heavy atom. The Bertz CT molecular complexity index is 1650. The fourth-order valence-electron chi connectivity index (χ4n) is 6.31. The molecule has 226 valence electrons. The van der Waals surface area contributed by atoms with Crippen molar-refractivity contribution in [3.63, 3.8) is 0 Å². The number of carbonyl (C=O) groups is 1. The number of nitrogens with one attached hydrogen (secondary N) is 2. The van der Waals surface area contributed by atoms with Crippen molar-refractivity contribution in [2.24, 2.45) is 0 Å². The molecular formula is C33H41N7O3. The summed E-state index contributed by atoms with van der Waals surface area (Å²) in [5.74, 6) is 2.08. The molecule has 0 unspecified atom stereocenters. The first kappa shape index (κ1) is 28.9. The van der Waals surface area contributed by atoms with Crippen LogP contribution in [0.3, 0.4) is 0 Å². The third kappa shape index (κ3) is 5.51. The van der Waals surface area contributed by atoms with Gasteiger partial charge in [0.2, 0.25) is 5.88 Å². The van der Waals surface area contributed by atoms with Crippen molar-refractivity contribution in [2.45, 2.75) is 76.5 Å². The third-order valence-corrected chi connectivity index (χ3v) is 9.03. The van der Waals surface area contributed by atoms with Gasteiger partial charge in [-0.15, -0.1) is 10.2 Å². The van der Waals surface area contributed by atoms with Crippen molar-refractivity contribution < 1.29 is 14.3 Å². The molecule has 10 heteroatoms. The second kappa shape index (κ2) is 11.1. The monoisotopic (exact) mass is 583 g/mol. The largest absolute Gasteiger partial charge is 0.484 e. The van der Waals surface area contributed by atoms with Crippen LogP contribution in [0.5, 0.6) is 11.6 Å². The van der Waals surface area contributed by atoms with Crippen molar-refractivity contribution >= 4 is 17.4 Å². The van der Waals surface area contributed by atoms with Gasteiger partial charge >= 0.3 is 6.03 Å². The summed E-state index contributed by atoms with van der Waals surface area (Å²) in [5.41, 5.74) is 4.20. The van der Waals surface area contributed by atoms with E-state index in [-0.39, 0.29) is 29.1 Å². The lowest BCUT2D eigenvalue weighted by Crippen LogP contribution is -2.37. The number of rotatable bonds is 6. The molecule has 2 amide bonds. The molecule has 1 aromatic carbocycles. The summed E-state index contributed by atoms with van der Waals surface area (Å²) in [7, 11) is 3.70. The molecule has 4 heterocycles. The number of pyridine rings is 2. The lowest BCUT2D eigenvalue weighted by Gasteiger charge is -2.32. The van der Waals surface area contributed by atoms with Crippen LogP contribution in [0.4, 0.5) is 10.5 Å². The van der Waals surface area contributed by atoms with Crippen LogP contribution in [-0.2, 0) is 11.0 Å². The summed E-state index contributed by atoms with van der Waals surface area (Å²) in [6, 6.07) is 13.6. The van der Waals surface area contributed by atoms with Crippen molar-refractivity contribution in [3.8, 4) is 11.6 Å². The highest BCUT2D eigenvalue weighted by atomic mass is 16.5. The first-order chi connectivity index (χ1) is 20.6. The third-order valence-electron chi connectivity index (χ3n) is 9.03. The Hall–Kier alpha value is -4.18. The van der Waals surface area contributed by atoms with E-state index in [9.17, 15) is 4.79 Å². The summed E-state index contributed by atoms with van der Waals surface area (Å²) in [6.45, 7) is 9.60. The smallest absolute Gasteiger partial charge is 0.319 e. The van der Waals surface area contributed by atoms with Gasteiger partial charge in [-0.25, -0.2) is 9.78 Å². The predicted molar refractivity (Wildman–Crippen MR) is 166 cm³/mol. The second-order valence-corrected chi connectivity index (χ2v) is 12.9. The average molecular weight is 584 g/mol. The summed E-state index contributed by atoms with van der Waals surface area (Å²) in [6.07, 6.45) is 7.31. The zero-order valence-electron chi connectivity index (χ0n) is 25.8. The summed E-state index contributed by atoms with van der Waals surface area (Å²) in [5, 5.41) is 15.1. The van der Waals surface area contributed by atoms with Crippen LogP contribution in [0.2, 0.25) is 0 Å². The minimum Gasteiger partial charge on any atom is -0.484 e. The Balaban J connectivity index is 1.20. The second-order valence-electron chi connectivity index (χ2n) is 12.9. The lowest BCUT2D eigenvalue weighted by atomic mass is 9.85. The van der Waals surface area contributed by atoms with Gasteiger partial charge < -0.3 is 20.1 Å². The first-order valence-corrected chi connectivity index (χ1v) is 15.0. The molecule has 1 aliphatic carbocycles. The van der Waals surface area contributed by atoms with Crippen molar-refractivity contribution in [1.82, 2.24) is 29.8 Å². The van der Waals surface area contributed by atoms with E-state index in [1.807, 2.05) is 36.5 Å². The number of methoxy groups -OCH3 is 1. The molecule has 10 nitrogen and oxygen atoms in total. The van der Waals surface area contributed by atoms with E-state index in [1.165, 1.54) is 0 Å². The first-order valence-electron chi connectivity index (χ1n) is 15.0. The number of anilines is 1. The molecule has 6 rings (SSSR count). The minimum absolute atomic E-state index is 0.116. The zero-order valence-corrected chi connectivity index (χ0v) is 25.8. The standard InChI is InChI=1S/C33H41N7O3/c1-32(2,3)21-18-26(29(42-6)34-19-21)36-31(41)35-25-13-14-27(24-11-8-7-10-23(24)25)43-22-12-15-28-37-38-30(40(28)20-22)33(4)16-9-17-39(33)5/h7-8,10-12,15,18-20,25,27H,9,13-14,16-17H2,1-6H3,(H2,35,36,41)/t25-,27+,33-/m0/s1. The van der Waals surface area contributed by atoms with Crippen molar-refractivity contribution in [1.29, 1.82) is 0 Å². The highest BCUT2D eigenvalue weighted by Gasteiger charge is 2.40. The fourth-order valence-corrected chi connectivity index (χ4v) is 6.31. The molecule has 4 aromatic rings. The van der Waals surface area contributed by atoms with Crippen molar-refractivity contribution in [2.75, 3.05) is 26.0 Å². The average Bonchev–Trinajstić information content (AvgIpc) is 3.56. The van der Waals surface area contributed by atoms with Crippen molar-refractivity contribution in [3.05, 3.63) is 77.4 Å². The molecule has 3 atom stereocenters. The van der Waals surface area contributed by atoms with Gasteiger partial charge in [0.25, 0.3) is 0 Å². The van der Waals surface area contributed by atoms with Crippen LogP contribution in [0.15, 0.2) is 54.9 Å². The Morgan fingerprint density at radius 2 is 1.88 bits per heavy atom. The normalized spacial score (nSPS) is 22.3. The maximum Gasteiger partial charge on any atom is 0.319 e. The maximum atomic E-state index is 13.2. The molecular weight excluding hydrogens is 542 g/mol. The molecule has 2 aliphatic rings. The van der Waals surface area contributed by atoms with E-state index >= 15 is 0 Å². The summed E-state index contributed by atoms with van der Waals surface area (Å²) >= 11 is 0. The van der Waals surface area contributed by atoms with Crippen LogP contribution in [0.1, 0.15) is 88.0 Å². The fraction of sp³-hybridized carbons (Fsp3) is 0.455. The number of nitrogens with zero attached hydrogens (tertiary/aromatic N) is 5.